The van der Waals surface area contributed by atoms with E-state index < -0.39 is 0 Å². The van der Waals surface area contributed by atoms with E-state index in [1.54, 1.807) is 0 Å². The first-order valence-electron chi connectivity index (χ1n) is 13.8. The van der Waals surface area contributed by atoms with Crippen molar-refractivity contribution >= 4 is 0 Å². The molecular formula is C32H38N6O2. The number of phenols is 2. The Morgan fingerprint density at radius 3 is 1.02 bits per heavy atom. The Kier molecular flexibility index (Phi) is 9.03. The second-order valence-corrected chi connectivity index (χ2v) is 10.5. The van der Waals surface area contributed by atoms with E-state index in [1.165, 1.54) is 0 Å². The van der Waals surface area contributed by atoms with Crippen molar-refractivity contribution in [1.29, 1.82) is 0 Å². The Bertz CT molecular complexity index is 1270. The maximum atomic E-state index is 11.0. The van der Waals surface area contributed by atoms with Gasteiger partial charge in [0.1, 0.15) is 11.5 Å². The van der Waals surface area contributed by atoms with Crippen LogP contribution in [0.25, 0.3) is 0 Å². The molecule has 0 spiro atoms. The van der Waals surface area contributed by atoms with Crippen molar-refractivity contribution < 1.29 is 10.2 Å². The van der Waals surface area contributed by atoms with E-state index in [0.29, 0.717) is 63.9 Å². The maximum absolute atomic E-state index is 11.0. The van der Waals surface area contributed by atoms with Gasteiger partial charge in [0.25, 0.3) is 0 Å². The Labute approximate surface area is 235 Å². The lowest BCUT2D eigenvalue weighted by atomic mass is 10.0. The van der Waals surface area contributed by atoms with Gasteiger partial charge in [0.15, 0.2) is 0 Å². The molecule has 8 heteroatoms. The van der Waals surface area contributed by atoms with Crippen molar-refractivity contribution in [3.63, 3.8) is 0 Å². The molecule has 8 nitrogen and oxygen atoms in total. The lowest BCUT2D eigenvalue weighted by Crippen LogP contribution is -2.19. The zero-order valence-electron chi connectivity index (χ0n) is 23.2. The van der Waals surface area contributed by atoms with Gasteiger partial charge in [-0.25, -0.2) is 0 Å². The number of nitrogens with zero attached hydrogens (tertiary/aromatic N) is 2. The van der Waals surface area contributed by atoms with Crippen molar-refractivity contribution in [1.82, 2.24) is 31.2 Å². The molecule has 4 aromatic rings. The minimum atomic E-state index is 0.318. The zero-order valence-corrected chi connectivity index (χ0v) is 23.2. The molecule has 0 fully saturated rings. The van der Waals surface area contributed by atoms with Gasteiger partial charge < -0.3 is 31.5 Å². The molecule has 0 atom stereocenters. The summed E-state index contributed by atoms with van der Waals surface area (Å²) in [4.78, 5) is 9.57. The number of aromatic hydroxyl groups is 2. The Hall–Kier alpha value is -3.82. The van der Waals surface area contributed by atoms with Gasteiger partial charge in [-0.2, -0.15) is 0 Å². The predicted octanol–water partition coefficient (Wildman–Crippen LogP) is 3.98. The van der Waals surface area contributed by atoms with Crippen molar-refractivity contribution in [3.8, 4) is 11.5 Å². The average molecular weight is 539 g/mol. The van der Waals surface area contributed by atoms with E-state index in [2.05, 4.69) is 35.1 Å². The van der Waals surface area contributed by atoms with Gasteiger partial charge in [-0.3, -0.25) is 9.97 Å². The van der Waals surface area contributed by atoms with Crippen LogP contribution in [0.5, 0.6) is 11.5 Å². The van der Waals surface area contributed by atoms with Crippen molar-refractivity contribution in [2.24, 2.45) is 0 Å². The van der Waals surface area contributed by atoms with E-state index >= 15 is 0 Å². The summed E-state index contributed by atoms with van der Waals surface area (Å²) in [6, 6.07) is 20.1. The standard InChI is InChI=1S/C32H38N6O2/c1-21-9-23-13-33-17-27-5-3-7-29(37-27)19-35-15-25-11-22(2)12-26(32(25)40)16-36-20-30-8-4-6-28(38-30)18-34-14-24(10-21)31(23)39/h3-12,33-36,39-40H,13-20H2,1-2H3. The molecular weight excluding hydrogens is 500 g/mol. The molecule has 5 rings (SSSR count). The third-order valence-electron chi connectivity index (χ3n) is 7.04. The number of benzene rings is 2. The van der Waals surface area contributed by atoms with Crippen LogP contribution >= 0.6 is 0 Å². The van der Waals surface area contributed by atoms with Crippen molar-refractivity contribution in [3.05, 3.63) is 117 Å². The molecule has 1 aliphatic rings. The zero-order chi connectivity index (χ0) is 27.9. The Morgan fingerprint density at radius 2 is 0.750 bits per heavy atom. The molecule has 208 valence electrons. The van der Waals surface area contributed by atoms with Gasteiger partial charge >= 0.3 is 0 Å². The smallest absolute Gasteiger partial charge is 0.124 e. The summed E-state index contributed by atoms with van der Waals surface area (Å²) in [5.74, 6) is 0.636. The maximum Gasteiger partial charge on any atom is 0.124 e. The summed E-state index contributed by atoms with van der Waals surface area (Å²) >= 11 is 0. The monoisotopic (exact) mass is 538 g/mol. The van der Waals surface area contributed by atoms with Gasteiger partial charge in [-0.1, -0.05) is 47.5 Å². The van der Waals surface area contributed by atoms with Crippen LogP contribution in [0.15, 0.2) is 60.7 Å². The molecule has 3 heterocycles. The minimum absolute atomic E-state index is 0.318. The summed E-state index contributed by atoms with van der Waals surface area (Å²) in [7, 11) is 0. The highest BCUT2D eigenvalue weighted by molar-refractivity contribution is 5.44. The van der Waals surface area contributed by atoms with Crippen LogP contribution in [0.1, 0.15) is 56.2 Å². The highest BCUT2D eigenvalue weighted by Crippen LogP contribution is 2.26. The molecule has 6 N–H and O–H groups in total. The fourth-order valence-corrected chi connectivity index (χ4v) is 5.16. The van der Waals surface area contributed by atoms with E-state index in [1.807, 2.05) is 60.7 Å². The number of fused-ring (bicyclic) bond motifs is 8. The van der Waals surface area contributed by atoms with Gasteiger partial charge in [0.05, 0.1) is 22.8 Å². The normalized spacial score (nSPS) is 15.2. The van der Waals surface area contributed by atoms with Gasteiger partial charge in [0, 0.05) is 74.6 Å². The summed E-state index contributed by atoms with van der Waals surface area (Å²) in [6.45, 7) is 8.61. The molecule has 2 aromatic carbocycles. The Morgan fingerprint density at radius 1 is 0.475 bits per heavy atom. The molecule has 40 heavy (non-hydrogen) atoms. The van der Waals surface area contributed by atoms with Crippen LogP contribution in [0.2, 0.25) is 0 Å². The molecule has 2 aromatic heterocycles. The lowest BCUT2D eigenvalue weighted by molar-refractivity contribution is 0.453. The largest absolute Gasteiger partial charge is 0.507 e. The summed E-state index contributed by atoms with van der Waals surface area (Å²) in [6.07, 6.45) is 0. The second kappa shape index (κ2) is 13.0. The number of aromatic nitrogens is 2. The number of nitrogens with one attached hydrogen (secondary N) is 4. The number of pyridine rings is 2. The van der Waals surface area contributed by atoms with Crippen LogP contribution < -0.4 is 21.3 Å². The van der Waals surface area contributed by atoms with Crippen LogP contribution in [0.4, 0.5) is 0 Å². The fraction of sp³-hybridized carbons (Fsp3) is 0.312. The van der Waals surface area contributed by atoms with Gasteiger partial charge in [0.2, 0.25) is 0 Å². The number of hydrogen-bond acceptors (Lipinski definition) is 8. The van der Waals surface area contributed by atoms with Crippen LogP contribution in [0.3, 0.4) is 0 Å². The highest BCUT2D eigenvalue weighted by Gasteiger charge is 2.12. The summed E-state index contributed by atoms with van der Waals surface area (Å²) in [5.41, 5.74) is 9.43. The first kappa shape index (κ1) is 27.7. The number of hydrogen-bond donors (Lipinski definition) is 6. The molecule has 1 aliphatic heterocycles. The van der Waals surface area contributed by atoms with Crippen molar-refractivity contribution in [2.45, 2.75) is 66.2 Å². The first-order chi connectivity index (χ1) is 19.4. The van der Waals surface area contributed by atoms with Crippen LogP contribution in [-0.2, 0) is 52.4 Å². The van der Waals surface area contributed by atoms with E-state index in [9.17, 15) is 10.2 Å². The Balaban J connectivity index is 1.37. The highest BCUT2D eigenvalue weighted by atomic mass is 16.3. The summed E-state index contributed by atoms with van der Waals surface area (Å²) in [5, 5.41) is 35.7. The average Bonchev–Trinajstić information content (AvgIpc) is 2.93. The first-order valence-corrected chi connectivity index (χ1v) is 13.8. The molecule has 0 saturated carbocycles. The molecule has 0 radical (unpaired) electrons. The predicted molar refractivity (Wildman–Crippen MR) is 156 cm³/mol. The minimum Gasteiger partial charge on any atom is -0.507 e. The molecule has 0 amide bonds. The molecule has 0 aliphatic carbocycles. The second-order valence-electron chi connectivity index (χ2n) is 10.5. The molecule has 0 saturated heterocycles. The number of phenolic OH excluding ortho intramolecular Hbond substituents is 2. The fourth-order valence-electron chi connectivity index (χ4n) is 5.16. The van der Waals surface area contributed by atoms with Gasteiger partial charge in [-0.15, -0.1) is 0 Å². The van der Waals surface area contributed by atoms with E-state index in [-0.39, 0.29) is 0 Å². The van der Waals surface area contributed by atoms with Crippen molar-refractivity contribution in [2.75, 3.05) is 0 Å². The van der Waals surface area contributed by atoms with Crippen LogP contribution in [-0.4, -0.2) is 20.2 Å². The third-order valence-corrected chi connectivity index (χ3v) is 7.04. The van der Waals surface area contributed by atoms with E-state index in [4.69, 9.17) is 9.97 Å². The number of rotatable bonds is 0. The molecule has 0 unspecified atom stereocenters. The topological polar surface area (TPSA) is 114 Å². The van der Waals surface area contributed by atoms with Crippen LogP contribution in [0, 0.1) is 13.8 Å². The number of aryl methyl sites for hydroxylation is 2. The third kappa shape index (κ3) is 7.22. The lowest BCUT2D eigenvalue weighted by Gasteiger charge is -2.15. The quantitative estimate of drug-likeness (QED) is 0.199. The SMILES string of the molecule is Cc1cc2c(O)c(c1)CNCc1cccc(n1)CNCc1cc(C)cc(c1O)CNCc1cccc(n1)CNC2. The molecule has 8 bridgehead atoms. The summed E-state index contributed by atoms with van der Waals surface area (Å²) < 4.78 is 0. The van der Waals surface area contributed by atoms with E-state index in [0.717, 1.165) is 56.2 Å². The van der Waals surface area contributed by atoms with Gasteiger partial charge in [-0.05, 0) is 38.1 Å².